The highest BCUT2D eigenvalue weighted by atomic mass is 16.4. The molecule has 2 unspecified atom stereocenters. The number of carbonyl (C=O) groups is 2. The highest BCUT2D eigenvalue weighted by Crippen LogP contribution is 2.30. The molecule has 0 spiro atoms. The number of urea groups is 1. The normalized spacial score (nSPS) is 24.9. The van der Waals surface area contributed by atoms with Crippen LogP contribution < -0.4 is 5.32 Å². The smallest absolute Gasteiger partial charge is 0.317 e. The first-order chi connectivity index (χ1) is 8.42. The van der Waals surface area contributed by atoms with Crippen LogP contribution in [0.25, 0.3) is 0 Å². The maximum atomic E-state index is 12.0. The Labute approximate surface area is 109 Å². The molecule has 1 saturated heterocycles. The number of nitrogens with zero attached hydrogens (tertiary/aromatic N) is 1. The van der Waals surface area contributed by atoms with Crippen LogP contribution in [0, 0.1) is 5.41 Å². The third kappa shape index (κ3) is 3.37. The molecule has 104 valence electrons. The molecule has 1 aliphatic heterocycles. The Hall–Kier alpha value is -1.26. The second kappa shape index (κ2) is 6.07. The maximum absolute atomic E-state index is 12.0. The monoisotopic (exact) mass is 256 g/mol. The molecule has 0 aromatic rings. The van der Waals surface area contributed by atoms with E-state index >= 15 is 0 Å². The van der Waals surface area contributed by atoms with Crippen molar-refractivity contribution in [3.63, 3.8) is 0 Å². The molecule has 5 heteroatoms. The fraction of sp³-hybridized carbons (Fsp3) is 0.846. The van der Waals surface area contributed by atoms with Crippen molar-refractivity contribution in [3.8, 4) is 0 Å². The lowest BCUT2D eigenvalue weighted by Gasteiger charge is -2.23. The Kier molecular flexibility index (Phi) is 4.99. The zero-order valence-corrected chi connectivity index (χ0v) is 11.5. The van der Waals surface area contributed by atoms with Crippen LogP contribution in [0.2, 0.25) is 0 Å². The molecular formula is C13H24N2O3. The summed E-state index contributed by atoms with van der Waals surface area (Å²) in [4.78, 5) is 24.8. The summed E-state index contributed by atoms with van der Waals surface area (Å²) in [5.41, 5.74) is -0.788. The van der Waals surface area contributed by atoms with Crippen LogP contribution in [-0.4, -0.2) is 41.1 Å². The number of likely N-dealkylation sites (tertiary alicyclic amines) is 1. The zero-order valence-electron chi connectivity index (χ0n) is 11.5. The van der Waals surface area contributed by atoms with E-state index in [-0.39, 0.29) is 12.1 Å². The molecule has 0 bridgehead atoms. The van der Waals surface area contributed by atoms with Gasteiger partial charge in [0, 0.05) is 19.1 Å². The number of carbonyl (C=O) groups excluding carboxylic acids is 1. The molecule has 1 heterocycles. The summed E-state index contributed by atoms with van der Waals surface area (Å²) >= 11 is 0. The van der Waals surface area contributed by atoms with Crippen LogP contribution in [0.3, 0.4) is 0 Å². The summed E-state index contributed by atoms with van der Waals surface area (Å²) in [5.74, 6) is -0.821. The fourth-order valence-corrected chi connectivity index (χ4v) is 2.30. The number of carboxylic acid groups (broad SMARTS) is 1. The van der Waals surface area contributed by atoms with Crippen LogP contribution >= 0.6 is 0 Å². The van der Waals surface area contributed by atoms with Gasteiger partial charge in [0.25, 0.3) is 0 Å². The molecular weight excluding hydrogens is 232 g/mol. The van der Waals surface area contributed by atoms with Gasteiger partial charge in [-0.3, -0.25) is 4.79 Å². The average Bonchev–Trinajstić information content (AvgIpc) is 2.73. The van der Waals surface area contributed by atoms with Gasteiger partial charge in [-0.15, -0.1) is 0 Å². The van der Waals surface area contributed by atoms with E-state index in [1.54, 1.807) is 11.8 Å². The van der Waals surface area contributed by atoms with Gasteiger partial charge in [-0.1, -0.05) is 20.3 Å². The maximum Gasteiger partial charge on any atom is 0.317 e. The molecule has 0 aliphatic carbocycles. The van der Waals surface area contributed by atoms with Gasteiger partial charge in [0.15, 0.2) is 0 Å². The SMILES string of the molecule is CCCC(CC)NC(=O)N1CCC(C)(C(=O)O)C1. The van der Waals surface area contributed by atoms with E-state index in [1.165, 1.54) is 0 Å². The summed E-state index contributed by atoms with van der Waals surface area (Å²) in [6.45, 7) is 6.66. The summed E-state index contributed by atoms with van der Waals surface area (Å²) in [7, 11) is 0. The second-order valence-electron chi connectivity index (χ2n) is 5.38. The summed E-state index contributed by atoms with van der Waals surface area (Å²) in [6.07, 6.45) is 3.43. The third-order valence-corrected chi connectivity index (χ3v) is 3.73. The topological polar surface area (TPSA) is 69.6 Å². The van der Waals surface area contributed by atoms with E-state index in [9.17, 15) is 9.59 Å². The van der Waals surface area contributed by atoms with Crippen LogP contribution in [0.15, 0.2) is 0 Å². The molecule has 0 aromatic heterocycles. The Morgan fingerprint density at radius 3 is 2.56 bits per heavy atom. The molecule has 0 radical (unpaired) electrons. The number of rotatable bonds is 5. The number of carboxylic acids is 1. The minimum Gasteiger partial charge on any atom is -0.481 e. The molecule has 0 saturated carbocycles. The first kappa shape index (κ1) is 14.8. The average molecular weight is 256 g/mol. The Morgan fingerprint density at radius 1 is 1.44 bits per heavy atom. The fourth-order valence-electron chi connectivity index (χ4n) is 2.30. The van der Waals surface area contributed by atoms with E-state index in [0.717, 1.165) is 19.3 Å². The van der Waals surface area contributed by atoms with Crippen molar-refractivity contribution in [2.24, 2.45) is 5.41 Å². The first-order valence-electron chi connectivity index (χ1n) is 6.71. The van der Waals surface area contributed by atoms with Gasteiger partial charge in [-0.05, 0) is 26.2 Å². The van der Waals surface area contributed by atoms with Crippen LogP contribution in [-0.2, 0) is 4.79 Å². The van der Waals surface area contributed by atoms with Crippen LogP contribution in [0.1, 0.15) is 46.5 Å². The lowest BCUT2D eigenvalue weighted by Crippen LogP contribution is -2.45. The molecule has 5 nitrogen and oxygen atoms in total. The van der Waals surface area contributed by atoms with Gasteiger partial charge in [0.1, 0.15) is 0 Å². The summed E-state index contributed by atoms with van der Waals surface area (Å²) in [6, 6.07) is 0.0689. The van der Waals surface area contributed by atoms with Crippen molar-refractivity contribution < 1.29 is 14.7 Å². The molecule has 18 heavy (non-hydrogen) atoms. The minimum absolute atomic E-state index is 0.125. The van der Waals surface area contributed by atoms with Gasteiger partial charge < -0.3 is 15.3 Å². The Bertz CT molecular complexity index is 319. The predicted octanol–water partition coefficient (Wildman–Crippen LogP) is 2.07. The van der Waals surface area contributed by atoms with E-state index < -0.39 is 11.4 Å². The third-order valence-electron chi connectivity index (χ3n) is 3.73. The molecule has 1 rings (SSSR count). The van der Waals surface area contributed by atoms with E-state index in [2.05, 4.69) is 12.2 Å². The molecule has 2 amide bonds. The molecule has 2 atom stereocenters. The number of hydrogen-bond acceptors (Lipinski definition) is 2. The Balaban J connectivity index is 2.52. The first-order valence-corrected chi connectivity index (χ1v) is 6.71. The number of hydrogen-bond donors (Lipinski definition) is 2. The van der Waals surface area contributed by atoms with E-state index in [1.807, 2.05) is 6.92 Å². The number of amides is 2. The van der Waals surface area contributed by atoms with Crippen molar-refractivity contribution in [2.45, 2.75) is 52.5 Å². The summed E-state index contributed by atoms with van der Waals surface area (Å²) < 4.78 is 0. The number of aliphatic carboxylic acids is 1. The van der Waals surface area contributed by atoms with E-state index in [4.69, 9.17) is 5.11 Å². The van der Waals surface area contributed by atoms with Crippen molar-refractivity contribution in [1.82, 2.24) is 10.2 Å². The van der Waals surface area contributed by atoms with Gasteiger partial charge in [-0.25, -0.2) is 4.79 Å². The second-order valence-corrected chi connectivity index (χ2v) is 5.38. The quantitative estimate of drug-likeness (QED) is 0.791. The van der Waals surface area contributed by atoms with E-state index in [0.29, 0.717) is 19.5 Å². The Morgan fingerprint density at radius 2 is 2.11 bits per heavy atom. The molecule has 1 aliphatic rings. The lowest BCUT2D eigenvalue weighted by molar-refractivity contribution is -0.146. The zero-order chi connectivity index (χ0) is 13.8. The van der Waals surface area contributed by atoms with Crippen molar-refractivity contribution >= 4 is 12.0 Å². The van der Waals surface area contributed by atoms with Gasteiger partial charge in [0.2, 0.25) is 0 Å². The van der Waals surface area contributed by atoms with Gasteiger partial charge in [-0.2, -0.15) is 0 Å². The van der Waals surface area contributed by atoms with Gasteiger partial charge >= 0.3 is 12.0 Å². The number of nitrogens with one attached hydrogen (secondary N) is 1. The highest BCUT2D eigenvalue weighted by molar-refractivity contribution is 5.79. The van der Waals surface area contributed by atoms with Crippen LogP contribution in [0.4, 0.5) is 4.79 Å². The van der Waals surface area contributed by atoms with Crippen LogP contribution in [0.5, 0.6) is 0 Å². The lowest BCUT2D eigenvalue weighted by atomic mass is 9.90. The molecule has 1 fully saturated rings. The van der Waals surface area contributed by atoms with Crippen molar-refractivity contribution in [2.75, 3.05) is 13.1 Å². The highest BCUT2D eigenvalue weighted by Gasteiger charge is 2.42. The van der Waals surface area contributed by atoms with Crippen molar-refractivity contribution in [3.05, 3.63) is 0 Å². The molecule has 2 N–H and O–H groups in total. The van der Waals surface area contributed by atoms with Crippen molar-refractivity contribution in [1.29, 1.82) is 0 Å². The summed E-state index contributed by atoms with van der Waals surface area (Å²) in [5, 5.41) is 12.1. The largest absolute Gasteiger partial charge is 0.481 e. The minimum atomic E-state index is -0.821. The van der Waals surface area contributed by atoms with Gasteiger partial charge in [0.05, 0.1) is 5.41 Å². The molecule has 0 aromatic carbocycles. The standard InChI is InChI=1S/C13H24N2O3/c1-4-6-10(5-2)14-12(18)15-8-7-13(3,9-15)11(16)17/h10H,4-9H2,1-3H3,(H,14,18)(H,16,17). The predicted molar refractivity (Wildman–Crippen MR) is 69.5 cm³/mol.